The molecule has 0 bridgehead atoms. The Kier molecular flexibility index (Phi) is 13.5. The zero-order valence-corrected chi connectivity index (χ0v) is 30.8. The predicted molar refractivity (Wildman–Crippen MR) is 192 cm³/mol. The molecule has 20 heteroatoms. The highest BCUT2D eigenvalue weighted by atomic mass is 32.2. The Bertz CT molecular complexity index is 2310. The normalized spacial score (nSPS) is 12.3. The molecule has 2 aromatic heterocycles. The largest absolute Gasteiger partial charge is 0.507 e. The van der Waals surface area contributed by atoms with Crippen LogP contribution in [0.4, 0.5) is 13.2 Å². The molecule has 56 heavy (non-hydrogen) atoms. The number of carbonyl (C=O) groups excluding carboxylic acids is 1. The van der Waals surface area contributed by atoms with E-state index in [-0.39, 0.29) is 44.1 Å². The van der Waals surface area contributed by atoms with E-state index in [9.17, 15) is 45.1 Å². The maximum atomic E-state index is 13.8. The summed E-state index contributed by atoms with van der Waals surface area (Å²) in [6.07, 6.45) is 0.696. The highest BCUT2D eigenvalue weighted by molar-refractivity contribution is 7.89. The van der Waals surface area contributed by atoms with Crippen LogP contribution < -0.4 is 5.48 Å². The van der Waals surface area contributed by atoms with Gasteiger partial charge in [0.15, 0.2) is 0 Å². The molecule has 0 saturated carbocycles. The highest BCUT2D eigenvalue weighted by Gasteiger charge is 2.37. The number of hydrogen-bond donors (Lipinski definition) is 4. The molecule has 1 amide bonds. The summed E-state index contributed by atoms with van der Waals surface area (Å²) < 4.78 is 102. The van der Waals surface area contributed by atoms with Crippen LogP contribution in [-0.4, -0.2) is 68.0 Å². The monoisotopic (exact) mass is 816 g/mol. The molecular formula is C36H35F3N6O9S2. The lowest BCUT2D eigenvalue weighted by Crippen LogP contribution is -2.44. The summed E-state index contributed by atoms with van der Waals surface area (Å²) in [7, 11) is -9.56. The van der Waals surface area contributed by atoms with Crippen molar-refractivity contribution in [2.24, 2.45) is 0 Å². The number of sulfonamides is 1. The number of ether oxygens (including phenoxy) is 1. The summed E-state index contributed by atoms with van der Waals surface area (Å²) in [4.78, 5) is 20.6. The van der Waals surface area contributed by atoms with Crippen molar-refractivity contribution in [1.29, 1.82) is 0 Å². The Hall–Kier alpha value is -5.32. The van der Waals surface area contributed by atoms with Crippen LogP contribution in [-0.2, 0) is 63.9 Å². The van der Waals surface area contributed by atoms with Crippen LogP contribution >= 0.6 is 0 Å². The van der Waals surface area contributed by atoms with Crippen molar-refractivity contribution in [2.45, 2.75) is 43.9 Å². The molecule has 4 N–H and O–H groups in total. The number of hydrogen-bond acceptors (Lipinski definition) is 12. The summed E-state index contributed by atoms with van der Waals surface area (Å²) in [5.74, 6) is -2.48. The number of halogens is 3. The van der Waals surface area contributed by atoms with Gasteiger partial charge in [-0.05, 0) is 70.3 Å². The lowest BCUT2D eigenvalue weighted by molar-refractivity contribution is -0.138. The third-order valence-electron chi connectivity index (χ3n) is 8.17. The van der Waals surface area contributed by atoms with Crippen molar-refractivity contribution >= 4 is 26.1 Å². The van der Waals surface area contributed by atoms with Gasteiger partial charge in [0.05, 0.1) is 17.1 Å². The molecule has 0 unspecified atom stereocenters. The van der Waals surface area contributed by atoms with Gasteiger partial charge in [-0.15, -0.1) is 0 Å². The number of hydroxylamine groups is 2. The van der Waals surface area contributed by atoms with Gasteiger partial charge in [-0.3, -0.25) is 20.0 Å². The fraction of sp³-hybridized carbons (Fsp3) is 0.194. The number of nitrogens with zero attached hydrogens (tertiary/aromatic N) is 5. The predicted octanol–water partition coefficient (Wildman–Crippen LogP) is 4.82. The van der Waals surface area contributed by atoms with Crippen LogP contribution in [0.25, 0.3) is 0 Å². The Morgan fingerprint density at radius 3 is 1.79 bits per heavy atom. The van der Waals surface area contributed by atoms with Gasteiger partial charge in [0.1, 0.15) is 12.5 Å². The quantitative estimate of drug-likeness (QED) is 0.0432. The maximum absolute atomic E-state index is 13.8. The van der Waals surface area contributed by atoms with E-state index < -0.39 is 59.5 Å². The summed E-state index contributed by atoms with van der Waals surface area (Å²) in [6, 6.07) is 19.7. The number of carbonyl (C=O) groups is 1. The molecule has 15 nitrogen and oxygen atoms in total. The van der Waals surface area contributed by atoms with Gasteiger partial charge in [-0.25, -0.2) is 8.42 Å². The van der Waals surface area contributed by atoms with E-state index in [0.29, 0.717) is 28.8 Å². The Labute approximate surface area is 320 Å². The van der Waals surface area contributed by atoms with Gasteiger partial charge < -0.3 is 15.1 Å². The number of phenolic OH excluding ortho intramolecular Hbond substituents is 1. The smallest absolute Gasteiger partial charge is 0.419 e. The van der Waals surface area contributed by atoms with Crippen molar-refractivity contribution < 1.29 is 55.1 Å². The molecule has 296 valence electrons. The number of pyridine rings is 2. The van der Waals surface area contributed by atoms with E-state index in [2.05, 4.69) is 9.97 Å². The van der Waals surface area contributed by atoms with Gasteiger partial charge >= 0.3 is 16.4 Å². The summed E-state index contributed by atoms with van der Waals surface area (Å²) >= 11 is 0. The van der Waals surface area contributed by atoms with Crippen molar-refractivity contribution in [3.8, 4) is 5.75 Å². The third kappa shape index (κ3) is 10.5. The number of rotatable bonds is 17. The number of alkyl halides is 3. The fourth-order valence-corrected chi connectivity index (χ4v) is 7.93. The van der Waals surface area contributed by atoms with Gasteiger partial charge in [0.25, 0.3) is 5.91 Å². The summed E-state index contributed by atoms with van der Waals surface area (Å²) in [6.45, 7) is -1.25. The minimum absolute atomic E-state index is 0.107. The minimum atomic E-state index is -5.04. The van der Waals surface area contributed by atoms with Crippen molar-refractivity contribution in [3.63, 3.8) is 0 Å². The number of phenols is 1. The van der Waals surface area contributed by atoms with Crippen LogP contribution in [0.1, 0.15) is 43.7 Å². The SMILES string of the molecule is O=C(c1ccc(CN(Cc2cccnc2)S(=O)(=O)c2ccc(O)c(C(F)(F)F)c2)cc1)N(O)S(=O)(=O)N(Cc1ccc(COCNO)cc1)Cc1cccnc1. The van der Waals surface area contributed by atoms with Gasteiger partial charge in [0, 0.05) is 56.5 Å². The van der Waals surface area contributed by atoms with Crippen molar-refractivity contribution in [2.75, 3.05) is 6.73 Å². The Morgan fingerprint density at radius 2 is 1.25 bits per heavy atom. The first kappa shape index (κ1) is 41.8. The third-order valence-corrected chi connectivity index (χ3v) is 11.5. The van der Waals surface area contributed by atoms with Crippen LogP contribution in [0.3, 0.4) is 0 Å². The van der Waals surface area contributed by atoms with Crippen molar-refractivity contribution in [1.82, 2.24) is 28.5 Å². The lowest BCUT2D eigenvalue weighted by atomic mass is 10.1. The molecule has 0 aliphatic rings. The first-order valence-corrected chi connectivity index (χ1v) is 19.3. The van der Waals surface area contributed by atoms with Crippen LogP contribution in [0.15, 0.2) is 121 Å². The topological polar surface area (TPSA) is 203 Å². The van der Waals surface area contributed by atoms with Crippen LogP contribution in [0, 0.1) is 0 Å². The molecule has 0 saturated heterocycles. The molecule has 2 heterocycles. The van der Waals surface area contributed by atoms with Crippen LogP contribution in [0.5, 0.6) is 5.75 Å². The maximum Gasteiger partial charge on any atom is 0.419 e. The number of aromatic nitrogens is 2. The standard InChI is InChI=1S/C36H35F3N6O9S2/c37-36(38,39)33-17-32(13-14-34(33)46)55(50,51)43(22-29-3-1-15-40-18-29)20-27-9-11-31(12-10-27)35(47)45(49)56(52,53)44(23-30-4-2-16-41-19-30)21-26-5-7-28(8-6-26)24-54-25-42-48/h1-19,42,46,48-49H,20-25H2. The first-order valence-electron chi connectivity index (χ1n) is 16.4. The van der Waals surface area contributed by atoms with E-state index in [4.69, 9.17) is 9.94 Å². The van der Waals surface area contributed by atoms with Gasteiger partial charge in [-0.2, -0.15) is 35.7 Å². The summed E-state index contributed by atoms with van der Waals surface area (Å²) in [5.41, 5.74) is 2.35. The first-order chi connectivity index (χ1) is 26.6. The highest BCUT2D eigenvalue weighted by Crippen LogP contribution is 2.37. The van der Waals surface area contributed by atoms with E-state index in [1.165, 1.54) is 36.9 Å². The fourth-order valence-electron chi connectivity index (χ4n) is 5.33. The molecule has 0 fully saturated rings. The Balaban J connectivity index is 1.38. The number of benzene rings is 3. The second-order valence-electron chi connectivity index (χ2n) is 12.2. The van der Waals surface area contributed by atoms with E-state index in [1.54, 1.807) is 48.5 Å². The number of amides is 1. The molecule has 0 radical (unpaired) electrons. The summed E-state index contributed by atoms with van der Waals surface area (Å²) in [5, 5.41) is 29.4. The lowest BCUT2D eigenvalue weighted by Gasteiger charge is -2.26. The molecule has 0 aliphatic carbocycles. The van der Waals surface area contributed by atoms with Crippen molar-refractivity contribution in [3.05, 3.63) is 155 Å². The molecule has 3 aromatic carbocycles. The van der Waals surface area contributed by atoms with E-state index >= 15 is 0 Å². The zero-order chi connectivity index (χ0) is 40.5. The van der Waals surface area contributed by atoms with Gasteiger partial charge in [0.2, 0.25) is 10.0 Å². The second kappa shape index (κ2) is 18.1. The average molecular weight is 817 g/mol. The molecule has 0 aliphatic heterocycles. The van der Waals surface area contributed by atoms with Crippen LogP contribution in [0.2, 0.25) is 0 Å². The van der Waals surface area contributed by atoms with E-state index in [1.807, 2.05) is 5.48 Å². The van der Waals surface area contributed by atoms with E-state index in [0.717, 1.165) is 32.4 Å². The second-order valence-corrected chi connectivity index (χ2v) is 15.9. The zero-order valence-electron chi connectivity index (χ0n) is 29.2. The molecular weight excluding hydrogens is 782 g/mol. The molecule has 0 atom stereocenters. The number of aromatic hydroxyl groups is 1. The molecule has 0 spiro atoms. The minimum Gasteiger partial charge on any atom is -0.507 e. The van der Waals surface area contributed by atoms with Gasteiger partial charge in [-0.1, -0.05) is 53.0 Å². The average Bonchev–Trinajstić information content (AvgIpc) is 3.18. The Morgan fingerprint density at radius 1 is 0.732 bits per heavy atom. The number of nitrogens with one attached hydrogen (secondary N) is 1. The molecule has 5 rings (SSSR count). The molecule has 5 aromatic rings.